The molecule has 7 heteroatoms. The van der Waals surface area contributed by atoms with E-state index in [0.29, 0.717) is 35.8 Å². The van der Waals surface area contributed by atoms with Crippen molar-refractivity contribution in [3.63, 3.8) is 0 Å². The fourth-order valence-corrected chi connectivity index (χ4v) is 4.26. The number of hydrogen-bond acceptors (Lipinski definition) is 4. The third kappa shape index (κ3) is 3.93. The highest BCUT2D eigenvalue weighted by Crippen LogP contribution is 2.39. The summed E-state index contributed by atoms with van der Waals surface area (Å²) in [5.74, 6) is -0.180. The van der Waals surface area contributed by atoms with E-state index in [-0.39, 0.29) is 23.5 Å². The van der Waals surface area contributed by atoms with Crippen LogP contribution in [0.1, 0.15) is 46.4 Å². The summed E-state index contributed by atoms with van der Waals surface area (Å²) in [6, 6.07) is 8.70. The molecule has 2 fully saturated rings. The van der Waals surface area contributed by atoms with Gasteiger partial charge in [0.05, 0.1) is 34.1 Å². The van der Waals surface area contributed by atoms with Crippen LogP contribution in [-0.2, 0) is 4.74 Å². The quantitative estimate of drug-likeness (QED) is 0.849. The number of carbonyl (C=O) groups excluding carboxylic acids is 2. The molecule has 0 bridgehead atoms. The summed E-state index contributed by atoms with van der Waals surface area (Å²) in [4.78, 5) is 26.6. The van der Waals surface area contributed by atoms with Crippen molar-refractivity contribution in [3.8, 4) is 0 Å². The van der Waals surface area contributed by atoms with E-state index >= 15 is 0 Å². The van der Waals surface area contributed by atoms with E-state index in [1.165, 1.54) is 12.5 Å². The van der Waals surface area contributed by atoms with Crippen molar-refractivity contribution in [3.05, 3.63) is 59.0 Å². The molecule has 0 radical (unpaired) electrons. The van der Waals surface area contributed by atoms with Crippen LogP contribution in [0, 0.1) is 0 Å². The van der Waals surface area contributed by atoms with Gasteiger partial charge in [-0.15, -0.1) is 0 Å². The SMILES string of the molecule is O=C(NC[C@H]1CCC2(CCN(C(=O)c3ccoc3)CC2)O1)c1ccccc1Cl. The molecule has 1 aromatic carbocycles. The Balaban J connectivity index is 1.27. The van der Waals surface area contributed by atoms with Crippen molar-refractivity contribution >= 4 is 23.4 Å². The molecule has 1 N–H and O–H groups in total. The fourth-order valence-electron chi connectivity index (χ4n) is 4.04. The van der Waals surface area contributed by atoms with Crippen molar-refractivity contribution < 1.29 is 18.7 Å². The Labute approximate surface area is 168 Å². The molecular weight excluding hydrogens is 380 g/mol. The number of rotatable bonds is 4. The Kier molecular flexibility index (Phi) is 5.42. The minimum atomic E-state index is -0.188. The van der Waals surface area contributed by atoms with Crippen molar-refractivity contribution in [2.45, 2.75) is 37.4 Å². The monoisotopic (exact) mass is 402 g/mol. The van der Waals surface area contributed by atoms with Gasteiger partial charge in [0.25, 0.3) is 11.8 Å². The summed E-state index contributed by atoms with van der Waals surface area (Å²) in [5.41, 5.74) is 0.874. The molecule has 148 valence electrons. The lowest BCUT2D eigenvalue weighted by molar-refractivity contribution is -0.0712. The molecule has 3 heterocycles. The number of nitrogens with one attached hydrogen (secondary N) is 1. The first kappa shape index (κ1) is 19.0. The Hall–Kier alpha value is -2.31. The molecular formula is C21H23ClN2O4. The predicted molar refractivity (Wildman–Crippen MR) is 104 cm³/mol. The van der Waals surface area contributed by atoms with E-state index in [1.54, 1.807) is 30.3 Å². The minimum absolute atomic E-state index is 0.00477. The predicted octanol–water partition coefficient (Wildman–Crippen LogP) is 3.52. The molecule has 2 aliphatic rings. The van der Waals surface area contributed by atoms with E-state index < -0.39 is 0 Å². The number of amides is 2. The van der Waals surface area contributed by atoms with E-state index in [4.69, 9.17) is 20.8 Å². The number of ether oxygens (including phenoxy) is 1. The van der Waals surface area contributed by atoms with Crippen molar-refractivity contribution in [2.75, 3.05) is 19.6 Å². The topological polar surface area (TPSA) is 71.8 Å². The maximum absolute atomic E-state index is 12.4. The Morgan fingerprint density at radius 3 is 2.68 bits per heavy atom. The number of halogens is 1. The lowest BCUT2D eigenvalue weighted by atomic mass is 9.88. The van der Waals surface area contributed by atoms with E-state index in [1.807, 2.05) is 4.90 Å². The van der Waals surface area contributed by atoms with Gasteiger partial charge < -0.3 is 19.4 Å². The van der Waals surface area contributed by atoms with Gasteiger partial charge in [-0.2, -0.15) is 0 Å². The van der Waals surface area contributed by atoms with Gasteiger partial charge in [0.2, 0.25) is 0 Å². The van der Waals surface area contributed by atoms with Crippen LogP contribution in [0.4, 0.5) is 0 Å². The Morgan fingerprint density at radius 2 is 1.96 bits per heavy atom. The van der Waals surface area contributed by atoms with Crippen molar-refractivity contribution in [1.82, 2.24) is 10.2 Å². The first-order chi connectivity index (χ1) is 13.6. The molecule has 0 aliphatic carbocycles. The fraction of sp³-hybridized carbons (Fsp3) is 0.429. The number of hydrogen-bond donors (Lipinski definition) is 1. The zero-order valence-electron chi connectivity index (χ0n) is 15.5. The summed E-state index contributed by atoms with van der Waals surface area (Å²) >= 11 is 6.08. The first-order valence-electron chi connectivity index (χ1n) is 9.58. The van der Waals surface area contributed by atoms with Gasteiger partial charge >= 0.3 is 0 Å². The van der Waals surface area contributed by atoms with Crippen LogP contribution >= 0.6 is 11.6 Å². The van der Waals surface area contributed by atoms with Gasteiger partial charge in [0.15, 0.2) is 0 Å². The van der Waals surface area contributed by atoms with E-state index in [0.717, 1.165) is 25.7 Å². The van der Waals surface area contributed by atoms with E-state index in [2.05, 4.69) is 5.32 Å². The third-order valence-electron chi connectivity index (χ3n) is 5.68. The van der Waals surface area contributed by atoms with Crippen molar-refractivity contribution in [2.24, 2.45) is 0 Å². The molecule has 0 saturated carbocycles. The largest absolute Gasteiger partial charge is 0.472 e. The molecule has 1 atom stereocenters. The molecule has 0 unspecified atom stereocenters. The van der Waals surface area contributed by atoms with Crippen LogP contribution in [0.5, 0.6) is 0 Å². The van der Waals surface area contributed by atoms with Gasteiger partial charge in [0, 0.05) is 19.6 Å². The number of furan rings is 1. The maximum Gasteiger partial charge on any atom is 0.257 e. The Bertz CT molecular complexity index is 844. The second-order valence-electron chi connectivity index (χ2n) is 7.46. The highest BCUT2D eigenvalue weighted by molar-refractivity contribution is 6.33. The molecule has 2 aliphatic heterocycles. The molecule has 2 saturated heterocycles. The van der Waals surface area contributed by atoms with E-state index in [9.17, 15) is 9.59 Å². The van der Waals surface area contributed by atoms with Gasteiger partial charge in [-0.1, -0.05) is 23.7 Å². The van der Waals surface area contributed by atoms with Crippen LogP contribution in [0.25, 0.3) is 0 Å². The van der Waals surface area contributed by atoms with Crippen LogP contribution in [0.2, 0.25) is 5.02 Å². The van der Waals surface area contributed by atoms with Crippen LogP contribution < -0.4 is 5.32 Å². The van der Waals surface area contributed by atoms with Gasteiger partial charge in [0.1, 0.15) is 6.26 Å². The highest BCUT2D eigenvalue weighted by Gasteiger charge is 2.43. The second kappa shape index (κ2) is 7.97. The normalized spacial score (nSPS) is 21.0. The van der Waals surface area contributed by atoms with Crippen LogP contribution in [0.3, 0.4) is 0 Å². The molecule has 6 nitrogen and oxygen atoms in total. The molecule has 1 aromatic heterocycles. The van der Waals surface area contributed by atoms with Gasteiger partial charge in [-0.25, -0.2) is 0 Å². The Morgan fingerprint density at radius 1 is 1.18 bits per heavy atom. The highest BCUT2D eigenvalue weighted by atomic mass is 35.5. The smallest absolute Gasteiger partial charge is 0.257 e. The summed E-state index contributed by atoms with van der Waals surface area (Å²) in [6.07, 6.45) is 6.46. The number of nitrogens with zero attached hydrogens (tertiary/aromatic N) is 1. The summed E-state index contributed by atoms with van der Waals surface area (Å²) < 4.78 is 11.3. The number of piperidine rings is 1. The molecule has 2 aromatic rings. The third-order valence-corrected chi connectivity index (χ3v) is 6.01. The average Bonchev–Trinajstić information content (AvgIpc) is 3.37. The van der Waals surface area contributed by atoms with Crippen LogP contribution in [0.15, 0.2) is 47.3 Å². The van der Waals surface area contributed by atoms with Crippen molar-refractivity contribution in [1.29, 1.82) is 0 Å². The molecule has 4 rings (SSSR count). The van der Waals surface area contributed by atoms with Gasteiger partial charge in [-0.3, -0.25) is 9.59 Å². The standard InChI is InChI=1S/C21H23ClN2O4/c22-18-4-2-1-3-17(18)19(25)23-13-16-5-7-21(28-16)8-10-24(11-9-21)20(26)15-6-12-27-14-15/h1-4,6,12,14,16H,5,7-11,13H2,(H,23,25)/t16-/m1/s1. The molecule has 1 spiro atoms. The number of likely N-dealkylation sites (tertiary alicyclic amines) is 1. The average molecular weight is 403 g/mol. The lowest BCUT2D eigenvalue weighted by Crippen LogP contribution is -2.47. The summed E-state index contributed by atoms with van der Waals surface area (Å²) in [5, 5.41) is 3.37. The summed E-state index contributed by atoms with van der Waals surface area (Å²) in [7, 11) is 0. The molecule has 2 amide bonds. The van der Waals surface area contributed by atoms with Gasteiger partial charge in [-0.05, 0) is 43.9 Å². The second-order valence-corrected chi connectivity index (χ2v) is 7.86. The van der Waals surface area contributed by atoms with Crippen LogP contribution in [-0.4, -0.2) is 48.1 Å². The first-order valence-corrected chi connectivity index (χ1v) is 9.96. The summed E-state index contributed by atoms with van der Waals surface area (Å²) in [6.45, 7) is 1.80. The number of benzene rings is 1. The minimum Gasteiger partial charge on any atom is -0.472 e. The zero-order chi connectivity index (χ0) is 19.6. The number of carbonyl (C=O) groups is 2. The maximum atomic E-state index is 12.4. The lowest BCUT2D eigenvalue weighted by Gasteiger charge is -2.39. The zero-order valence-corrected chi connectivity index (χ0v) is 16.3. The molecule has 28 heavy (non-hydrogen) atoms.